The molecule has 0 aliphatic carbocycles. The van der Waals surface area contributed by atoms with Crippen molar-refractivity contribution in [2.75, 3.05) is 6.54 Å². The maximum absolute atomic E-state index is 11.7. The molecule has 4 heteroatoms. The number of aryl methyl sites for hydroxylation is 2. The molecular weight excluding hydrogens is 268 g/mol. The van der Waals surface area contributed by atoms with E-state index in [0.717, 1.165) is 22.7 Å². The fraction of sp³-hybridized carbons (Fsp3) is 0.250. The Morgan fingerprint density at radius 2 is 2.05 bits per heavy atom. The third-order valence-electron chi connectivity index (χ3n) is 2.81. The van der Waals surface area contributed by atoms with Crippen molar-refractivity contribution in [2.24, 2.45) is 0 Å². The number of carbonyl (C=O) groups excluding carboxylic acids is 1. The minimum absolute atomic E-state index is 0.0705. The first-order chi connectivity index (χ1) is 9.63. The van der Waals surface area contributed by atoms with E-state index in [1.807, 2.05) is 49.6 Å². The average molecular weight is 286 g/mol. The summed E-state index contributed by atoms with van der Waals surface area (Å²) in [6.45, 7) is 4.63. The average Bonchev–Trinajstić information content (AvgIpc) is 2.84. The third-order valence-corrected chi connectivity index (χ3v) is 3.84. The van der Waals surface area contributed by atoms with Gasteiger partial charge in [0.2, 0.25) is 5.91 Å². The smallest absolute Gasteiger partial charge is 0.244 e. The molecule has 0 atom stereocenters. The van der Waals surface area contributed by atoms with Gasteiger partial charge in [-0.3, -0.25) is 4.79 Å². The Morgan fingerprint density at radius 3 is 2.70 bits per heavy atom. The van der Waals surface area contributed by atoms with Crippen LogP contribution in [0.3, 0.4) is 0 Å². The lowest BCUT2D eigenvalue weighted by Gasteiger charge is -2.00. The van der Waals surface area contributed by atoms with Gasteiger partial charge in [-0.05, 0) is 25.5 Å². The summed E-state index contributed by atoms with van der Waals surface area (Å²) in [5.41, 5.74) is 3.28. The summed E-state index contributed by atoms with van der Waals surface area (Å²) in [4.78, 5) is 16.0. The van der Waals surface area contributed by atoms with Gasteiger partial charge in [0.15, 0.2) is 0 Å². The monoisotopic (exact) mass is 286 g/mol. The first-order valence-electron chi connectivity index (χ1n) is 6.57. The molecule has 2 rings (SSSR count). The maximum Gasteiger partial charge on any atom is 0.244 e. The van der Waals surface area contributed by atoms with E-state index in [1.54, 1.807) is 17.4 Å². The summed E-state index contributed by atoms with van der Waals surface area (Å²) in [7, 11) is 0. The van der Waals surface area contributed by atoms with Gasteiger partial charge in [-0.25, -0.2) is 4.98 Å². The SMILES string of the molecule is Cc1ccc(/C=C/C(=O)NCCc2nc(C)cs2)cc1. The molecule has 0 unspecified atom stereocenters. The molecule has 0 bridgehead atoms. The van der Waals surface area contributed by atoms with Crippen molar-refractivity contribution in [3.63, 3.8) is 0 Å². The minimum Gasteiger partial charge on any atom is -0.352 e. The van der Waals surface area contributed by atoms with E-state index in [2.05, 4.69) is 10.3 Å². The summed E-state index contributed by atoms with van der Waals surface area (Å²) in [6.07, 6.45) is 4.17. The molecule has 0 saturated carbocycles. The second-order valence-corrected chi connectivity index (χ2v) is 5.61. The second-order valence-electron chi connectivity index (χ2n) is 4.67. The molecule has 0 radical (unpaired) electrons. The summed E-state index contributed by atoms with van der Waals surface area (Å²) < 4.78 is 0. The zero-order valence-electron chi connectivity index (χ0n) is 11.7. The highest BCUT2D eigenvalue weighted by atomic mass is 32.1. The summed E-state index contributed by atoms with van der Waals surface area (Å²) in [5.74, 6) is -0.0705. The van der Waals surface area contributed by atoms with Crippen LogP contribution >= 0.6 is 11.3 Å². The van der Waals surface area contributed by atoms with Crippen molar-refractivity contribution >= 4 is 23.3 Å². The fourth-order valence-electron chi connectivity index (χ4n) is 1.72. The summed E-state index contributed by atoms with van der Waals surface area (Å²) in [6, 6.07) is 8.06. The Hall–Kier alpha value is -1.94. The molecule has 0 aliphatic rings. The number of thiazole rings is 1. The summed E-state index contributed by atoms with van der Waals surface area (Å²) in [5, 5.41) is 5.95. The van der Waals surface area contributed by atoms with E-state index in [4.69, 9.17) is 0 Å². The molecule has 1 heterocycles. The van der Waals surface area contributed by atoms with Crippen molar-refractivity contribution in [3.8, 4) is 0 Å². The maximum atomic E-state index is 11.7. The highest BCUT2D eigenvalue weighted by Crippen LogP contribution is 2.08. The zero-order valence-corrected chi connectivity index (χ0v) is 12.5. The highest BCUT2D eigenvalue weighted by Gasteiger charge is 2.00. The number of nitrogens with zero attached hydrogens (tertiary/aromatic N) is 1. The Bertz CT molecular complexity index is 599. The van der Waals surface area contributed by atoms with Crippen LogP contribution in [0.25, 0.3) is 6.08 Å². The molecule has 1 amide bonds. The first kappa shape index (κ1) is 14.5. The molecule has 20 heavy (non-hydrogen) atoms. The largest absolute Gasteiger partial charge is 0.352 e. The van der Waals surface area contributed by atoms with Gasteiger partial charge in [0.05, 0.1) is 5.01 Å². The van der Waals surface area contributed by atoms with Crippen LogP contribution in [0.5, 0.6) is 0 Å². The van der Waals surface area contributed by atoms with Gasteiger partial charge in [-0.15, -0.1) is 11.3 Å². The first-order valence-corrected chi connectivity index (χ1v) is 7.45. The van der Waals surface area contributed by atoms with Gasteiger partial charge in [0.25, 0.3) is 0 Å². The van der Waals surface area contributed by atoms with Crippen LogP contribution in [0.15, 0.2) is 35.7 Å². The van der Waals surface area contributed by atoms with E-state index in [-0.39, 0.29) is 5.91 Å². The molecule has 1 aromatic carbocycles. The third kappa shape index (κ3) is 4.63. The van der Waals surface area contributed by atoms with Crippen LogP contribution < -0.4 is 5.32 Å². The van der Waals surface area contributed by atoms with Crippen molar-refractivity contribution in [1.29, 1.82) is 0 Å². The number of carbonyl (C=O) groups is 1. The molecule has 0 spiro atoms. The van der Waals surface area contributed by atoms with E-state index in [0.29, 0.717) is 6.54 Å². The van der Waals surface area contributed by atoms with Crippen LogP contribution in [0.2, 0.25) is 0 Å². The van der Waals surface area contributed by atoms with Crippen molar-refractivity contribution < 1.29 is 4.79 Å². The van der Waals surface area contributed by atoms with Crippen molar-refractivity contribution in [2.45, 2.75) is 20.3 Å². The lowest BCUT2D eigenvalue weighted by atomic mass is 10.1. The van der Waals surface area contributed by atoms with Gasteiger partial charge in [-0.1, -0.05) is 29.8 Å². The number of hydrogen-bond acceptors (Lipinski definition) is 3. The molecule has 0 fully saturated rings. The number of rotatable bonds is 5. The van der Waals surface area contributed by atoms with Crippen LogP contribution in [-0.2, 0) is 11.2 Å². The quantitative estimate of drug-likeness (QED) is 0.858. The fourth-order valence-corrected chi connectivity index (χ4v) is 2.49. The van der Waals surface area contributed by atoms with Gasteiger partial charge >= 0.3 is 0 Å². The molecule has 1 N–H and O–H groups in total. The molecule has 0 saturated heterocycles. The van der Waals surface area contributed by atoms with Crippen LogP contribution in [0.4, 0.5) is 0 Å². The lowest BCUT2D eigenvalue weighted by molar-refractivity contribution is -0.116. The van der Waals surface area contributed by atoms with E-state index in [9.17, 15) is 4.79 Å². The number of hydrogen-bond donors (Lipinski definition) is 1. The molecule has 1 aromatic heterocycles. The topological polar surface area (TPSA) is 42.0 Å². The predicted molar refractivity (Wildman–Crippen MR) is 83.8 cm³/mol. The highest BCUT2D eigenvalue weighted by molar-refractivity contribution is 7.09. The molecule has 104 valence electrons. The number of nitrogens with one attached hydrogen (secondary N) is 1. The van der Waals surface area contributed by atoms with Gasteiger partial charge < -0.3 is 5.32 Å². The Balaban J connectivity index is 1.76. The van der Waals surface area contributed by atoms with Crippen molar-refractivity contribution in [3.05, 3.63) is 57.6 Å². The van der Waals surface area contributed by atoms with Crippen LogP contribution in [-0.4, -0.2) is 17.4 Å². The number of amides is 1. The zero-order chi connectivity index (χ0) is 14.4. The normalized spacial score (nSPS) is 10.9. The second kappa shape index (κ2) is 7.01. The van der Waals surface area contributed by atoms with Gasteiger partial charge in [0, 0.05) is 30.1 Å². The van der Waals surface area contributed by atoms with Gasteiger partial charge in [0.1, 0.15) is 0 Å². The van der Waals surface area contributed by atoms with E-state index in [1.165, 1.54) is 5.56 Å². The Labute approximate surface area is 123 Å². The molecule has 0 aliphatic heterocycles. The molecule has 2 aromatic rings. The van der Waals surface area contributed by atoms with Crippen LogP contribution in [0, 0.1) is 13.8 Å². The predicted octanol–water partition coefficient (Wildman–Crippen LogP) is 3.13. The minimum atomic E-state index is -0.0705. The Kier molecular flexibility index (Phi) is 5.07. The Morgan fingerprint density at radius 1 is 1.30 bits per heavy atom. The number of aromatic nitrogens is 1. The van der Waals surface area contributed by atoms with E-state index < -0.39 is 0 Å². The standard InChI is InChI=1S/C16H18N2OS/c1-12-3-5-14(6-4-12)7-8-15(19)17-10-9-16-18-13(2)11-20-16/h3-8,11H,9-10H2,1-2H3,(H,17,19)/b8-7+. The lowest BCUT2D eigenvalue weighted by Crippen LogP contribution is -2.23. The van der Waals surface area contributed by atoms with Crippen LogP contribution in [0.1, 0.15) is 21.8 Å². The number of benzene rings is 1. The molecule has 3 nitrogen and oxygen atoms in total. The summed E-state index contributed by atoms with van der Waals surface area (Å²) >= 11 is 1.63. The van der Waals surface area contributed by atoms with Crippen molar-refractivity contribution in [1.82, 2.24) is 10.3 Å². The van der Waals surface area contributed by atoms with E-state index >= 15 is 0 Å². The van der Waals surface area contributed by atoms with Gasteiger partial charge in [-0.2, -0.15) is 0 Å². The molecular formula is C16H18N2OS.